The van der Waals surface area contributed by atoms with Gasteiger partial charge in [0.05, 0.1) is 11.4 Å². The van der Waals surface area contributed by atoms with Gasteiger partial charge in [0.25, 0.3) is 0 Å². The number of aryl methyl sites for hydroxylation is 4. The topological polar surface area (TPSA) is 6.48 Å². The summed E-state index contributed by atoms with van der Waals surface area (Å²) >= 11 is 0. The highest BCUT2D eigenvalue weighted by atomic mass is 15.2. The van der Waals surface area contributed by atoms with Crippen molar-refractivity contribution >= 4 is 55.7 Å². The maximum Gasteiger partial charge on any atom is 0.0620 e. The third kappa shape index (κ3) is 5.84. The molecule has 0 aliphatic heterocycles. The van der Waals surface area contributed by atoms with Gasteiger partial charge < -0.3 is 9.80 Å². The lowest BCUT2D eigenvalue weighted by Crippen LogP contribution is -2.16. The molecule has 238 valence electrons. The predicted molar refractivity (Wildman–Crippen MR) is 208 cm³/mol. The minimum absolute atomic E-state index is 0.0244. The van der Waals surface area contributed by atoms with Crippen molar-refractivity contribution < 1.29 is 0 Å². The standard InChI is InChI=1S/C46H44N2/c1-31-12-21-36(22-13-31)47(37-23-14-32(2)15-24-37)44-40-10-8-9-11-41(40)45(43-30-35(46(5,6)7)20-29-42(43)44)48(38-25-16-33(3)17-26-38)39-27-18-34(4)19-28-39/h8-30H,1-7H3. The van der Waals surface area contributed by atoms with E-state index in [9.17, 15) is 0 Å². The smallest absolute Gasteiger partial charge is 0.0620 e. The highest BCUT2D eigenvalue weighted by Crippen LogP contribution is 2.51. The molecule has 2 heteroatoms. The second-order valence-electron chi connectivity index (χ2n) is 14.3. The molecule has 7 rings (SSSR count). The molecule has 0 aliphatic rings. The van der Waals surface area contributed by atoms with Gasteiger partial charge in [-0.1, -0.05) is 128 Å². The molecule has 0 aliphatic carbocycles. The van der Waals surface area contributed by atoms with Crippen molar-refractivity contribution in [2.24, 2.45) is 0 Å². The summed E-state index contributed by atoms with van der Waals surface area (Å²) in [4.78, 5) is 4.91. The zero-order valence-electron chi connectivity index (χ0n) is 29.2. The van der Waals surface area contributed by atoms with Crippen molar-refractivity contribution in [3.05, 3.63) is 167 Å². The summed E-state index contributed by atoms with van der Waals surface area (Å²) in [7, 11) is 0. The summed E-state index contributed by atoms with van der Waals surface area (Å²) in [6.45, 7) is 15.5. The molecule has 0 N–H and O–H groups in total. The number of fused-ring (bicyclic) bond motifs is 2. The van der Waals surface area contributed by atoms with E-state index in [0.29, 0.717) is 0 Å². The molecule has 0 amide bonds. The van der Waals surface area contributed by atoms with Gasteiger partial charge in [0, 0.05) is 44.3 Å². The number of benzene rings is 7. The Balaban J connectivity index is 1.65. The van der Waals surface area contributed by atoms with Gasteiger partial charge in [0.15, 0.2) is 0 Å². The number of nitrogens with zero attached hydrogens (tertiary/aromatic N) is 2. The average molecular weight is 625 g/mol. The normalized spacial score (nSPS) is 11.6. The molecule has 0 atom stereocenters. The summed E-state index contributed by atoms with van der Waals surface area (Å²) in [5.41, 5.74) is 13.2. The van der Waals surface area contributed by atoms with E-state index >= 15 is 0 Å². The monoisotopic (exact) mass is 624 g/mol. The first kappa shape index (κ1) is 31.3. The second-order valence-corrected chi connectivity index (χ2v) is 14.3. The quantitative estimate of drug-likeness (QED) is 0.134. The van der Waals surface area contributed by atoms with E-state index in [-0.39, 0.29) is 5.41 Å². The van der Waals surface area contributed by atoms with Gasteiger partial charge in [-0.3, -0.25) is 0 Å². The van der Waals surface area contributed by atoms with Crippen molar-refractivity contribution in [3.63, 3.8) is 0 Å². The van der Waals surface area contributed by atoms with Crippen LogP contribution in [0.15, 0.2) is 140 Å². The second kappa shape index (κ2) is 12.4. The third-order valence-electron chi connectivity index (χ3n) is 9.45. The molecule has 0 fully saturated rings. The number of anilines is 6. The molecule has 0 unspecified atom stereocenters. The summed E-state index contributed by atoms with van der Waals surface area (Å²) < 4.78 is 0. The molecule has 0 bridgehead atoms. The lowest BCUT2D eigenvalue weighted by molar-refractivity contribution is 0.591. The van der Waals surface area contributed by atoms with E-state index in [1.807, 2.05) is 0 Å². The van der Waals surface area contributed by atoms with Crippen LogP contribution in [0.4, 0.5) is 34.1 Å². The fourth-order valence-corrected chi connectivity index (χ4v) is 6.67. The summed E-state index contributed by atoms with van der Waals surface area (Å²) in [6.07, 6.45) is 0. The third-order valence-corrected chi connectivity index (χ3v) is 9.45. The molecule has 0 heterocycles. The Kier molecular flexibility index (Phi) is 8.05. The molecule has 7 aromatic rings. The molecular weight excluding hydrogens is 581 g/mol. The highest BCUT2D eigenvalue weighted by molar-refractivity contribution is 6.23. The van der Waals surface area contributed by atoms with Crippen LogP contribution in [0.3, 0.4) is 0 Å². The highest BCUT2D eigenvalue weighted by Gasteiger charge is 2.26. The van der Waals surface area contributed by atoms with Crippen LogP contribution >= 0.6 is 0 Å². The van der Waals surface area contributed by atoms with E-state index in [0.717, 1.165) is 22.7 Å². The van der Waals surface area contributed by atoms with Crippen LogP contribution < -0.4 is 9.80 Å². The van der Waals surface area contributed by atoms with Gasteiger partial charge in [0.2, 0.25) is 0 Å². The minimum Gasteiger partial charge on any atom is -0.309 e. The van der Waals surface area contributed by atoms with E-state index in [1.54, 1.807) is 0 Å². The van der Waals surface area contributed by atoms with Crippen LogP contribution in [-0.4, -0.2) is 0 Å². The van der Waals surface area contributed by atoms with Gasteiger partial charge in [-0.05, 0) is 93.3 Å². The van der Waals surface area contributed by atoms with Crippen LogP contribution in [0.2, 0.25) is 0 Å². The van der Waals surface area contributed by atoms with Crippen molar-refractivity contribution in [2.45, 2.75) is 53.9 Å². The SMILES string of the molecule is Cc1ccc(N(c2ccc(C)cc2)c2c3ccccc3c(N(c3ccc(C)cc3)c3ccc(C)cc3)c3cc(C(C)(C)C)ccc23)cc1. The summed E-state index contributed by atoms with van der Waals surface area (Å²) in [5.74, 6) is 0. The van der Waals surface area contributed by atoms with Gasteiger partial charge >= 0.3 is 0 Å². The zero-order valence-corrected chi connectivity index (χ0v) is 29.2. The molecule has 0 saturated heterocycles. The van der Waals surface area contributed by atoms with Crippen LogP contribution in [0.1, 0.15) is 48.6 Å². The van der Waals surface area contributed by atoms with E-state index in [4.69, 9.17) is 0 Å². The van der Waals surface area contributed by atoms with Crippen molar-refractivity contribution in [1.82, 2.24) is 0 Å². The number of hydrogen-bond acceptors (Lipinski definition) is 2. The molecule has 0 radical (unpaired) electrons. The summed E-state index contributed by atoms with van der Waals surface area (Å²) in [6, 6.07) is 51.8. The molecule has 48 heavy (non-hydrogen) atoms. The Morgan fingerprint density at radius 3 is 1.00 bits per heavy atom. The fourth-order valence-electron chi connectivity index (χ4n) is 6.67. The lowest BCUT2D eigenvalue weighted by atomic mass is 9.84. The van der Waals surface area contributed by atoms with E-state index in [1.165, 1.54) is 60.7 Å². The Labute approximate surface area is 285 Å². The van der Waals surface area contributed by atoms with Crippen molar-refractivity contribution in [3.8, 4) is 0 Å². The first-order valence-electron chi connectivity index (χ1n) is 16.9. The first-order valence-corrected chi connectivity index (χ1v) is 16.9. The van der Waals surface area contributed by atoms with Gasteiger partial charge in [-0.2, -0.15) is 0 Å². The van der Waals surface area contributed by atoms with Crippen molar-refractivity contribution in [2.75, 3.05) is 9.80 Å². The van der Waals surface area contributed by atoms with E-state index in [2.05, 4.69) is 198 Å². The molecule has 0 aromatic heterocycles. The zero-order chi connectivity index (χ0) is 33.6. The van der Waals surface area contributed by atoms with E-state index < -0.39 is 0 Å². The van der Waals surface area contributed by atoms with Crippen molar-refractivity contribution in [1.29, 1.82) is 0 Å². The van der Waals surface area contributed by atoms with Gasteiger partial charge in [-0.15, -0.1) is 0 Å². The maximum absolute atomic E-state index is 2.46. The molecule has 7 aromatic carbocycles. The molecule has 0 spiro atoms. The Hall–Kier alpha value is -5.34. The largest absolute Gasteiger partial charge is 0.309 e. The lowest BCUT2D eigenvalue weighted by Gasteiger charge is -2.33. The number of hydrogen-bond donors (Lipinski definition) is 0. The van der Waals surface area contributed by atoms with Crippen LogP contribution in [0.5, 0.6) is 0 Å². The Morgan fingerprint density at radius 1 is 0.354 bits per heavy atom. The predicted octanol–water partition coefficient (Wildman–Crippen LogP) is 13.5. The molecule has 0 saturated carbocycles. The average Bonchev–Trinajstić information content (AvgIpc) is 3.08. The van der Waals surface area contributed by atoms with Crippen LogP contribution in [-0.2, 0) is 5.41 Å². The van der Waals surface area contributed by atoms with Crippen LogP contribution in [0.25, 0.3) is 21.5 Å². The summed E-state index contributed by atoms with van der Waals surface area (Å²) in [5, 5.41) is 4.84. The minimum atomic E-state index is -0.0244. The molecule has 2 nitrogen and oxygen atoms in total. The fraction of sp³-hybridized carbons (Fsp3) is 0.174. The Morgan fingerprint density at radius 2 is 0.667 bits per heavy atom. The first-order chi connectivity index (χ1) is 23.1. The molecular formula is C46H44N2. The van der Waals surface area contributed by atoms with Gasteiger partial charge in [-0.25, -0.2) is 0 Å². The van der Waals surface area contributed by atoms with Crippen LogP contribution in [0, 0.1) is 27.7 Å². The maximum atomic E-state index is 2.46. The van der Waals surface area contributed by atoms with Gasteiger partial charge in [0.1, 0.15) is 0 Å². The Bertz CT molecular complexity index is 2130. The number of rotatable bonds is 6.